The summed E-state index contributed by atoms with van der Waals surface area (Å²) >= 11 is 3.30. The van der Waals surface area contributed by atoms with Gasteiger partial charge in [-0.05, 0) is 46.7 Å². The largest absolute Gasteiger partial charge is 0.478 e. The van der Waals surface area contributed by atoms with E-state index in [-0.39, 0.29) is 22.5 Å². The maximum Gasteiger partial charge on any atom is 0.337 e. The van der Waals surface area contributed by atoms with Gasteiger partial charge in [-0.3, -0.25) is 9.59 Å². The molecule has 7 heteroatoms. The summed E-state index contributed by atoms with van der Waals surface area (Å²) in [6, 6.07) is 4.93. The first-order chi connectivity index (χ1) is 9.88. The first kappa shape index (κ1) is 16.3. The number of anilines is 1. The minimum absolute atomic E-state index is 0.0291. The van der Waals surface area contributed by atoms with Crippen molar-refractivity contribution in [3.05, 3.63) is 27.3 Å². The number of aromatic carboxylic acids is 1. The second-order valence-corrected chi connectivity index (χ2v) is 7.29. The fourth-order valence-electron chi connectivity index (χ4n) is 2.27. The van der Waals surface area contributed by atoms with Gasteiger partial charge in [0.25, 0.3) is 0 Å². The summed E-state index contributed by atoms with van der Waals surface area (Å²) in [6.45, 7) is 1.96. The molecule has 2 rings (SSSR count). The van der Waals surface area contributed by atoms with Crippen LogP contribution in [0, 0.1) is 9.49 Å². The summed E-state index contributed by atoms with van der Waals surface area (Å²) in [4.78, 5) is 36.0. The SMILES string of the molecule is CC(=O)SCC1CC(=O)N(c2cc(I)ccc2C(=O)O)C1. The highest BCUT2D eigenvalue weighted by Crippen LogP contribution is 2.31. The Kier molecular flexibility index (Phi) is 5.26. The van der Waals surface area contributed by atoms with Crippen LogP contribution in [0.4, 0.5) is 5.69 Å². The number of benzene rings is 1. The number of hydrogen-bond acceptors (Lipinski definition) is 4. The first-order valence-electron chi connectivity index (χ1n) is 6.35. The average molecular weight is 419 g/mol. The van der Waals surface area contributed by atoms with E-state index in [4.69, 9.17) is 0 Å². The van der Waals surface area contributed by atoms with E-state index in [1.807, 2.05) is 0 Å². The summed E-state index contributed by atoms with van der Waals surface area (Å²) in [5, 5.41) is 9.29. The lowest BCUT2D eigenvalue weighted by Gasteiger charge is -2.19. The third-order valence-corrected chi connectivity index (χ3v) is 4.92. The van der Waals surface area contributed by atoms with Crippen molar-refractivity contribution in [3.8, 4) is 0 Å². The molecule has 0 radical (unpaired) electrons. The Morgan fingerprint density at radius 3 is 2.81 bits per heavy atom. The zero-order valence-electron chi connectivity index (χ0n) is 11.3. The minimum atomic E-state index is -1.05. The van der Waals surface area contributed by atoms with Gasteiger partial charge in [0.15, 0.2) is 5.12 Å². The Balaban J connectivity index is 2.22. The molecule has 5 nitrogen and oxygen atoms in total. The highest BCUT2D eigenvalue weighted by Gasteiger charge is 2.32. The van der Waals surface area contributed by atoms with E-state index in [9.17, 15) is 19.5 Å². The summed E-state index contributed by atoms with van der Waals surface area (Å²) in [5.74, 6) is -0.473. The molecule has 1 amide bonds. The molecule has 21 heavy (non-hydrogen) atoms. The fraction of sp³-hybridized carbons (Fsp3) is 0.357. The molecule has 0 aliphatic carbocycles. The zero-order valence-corrected chi connectivity index (χ0v) is 14.3. The zero-order chi connectivity index (χ0) is 15.6. The number of carboxylic acid groups (broad SMARTS) is 1. The Morgan fingerprint density at radius 2 is 2.19 bits per heavy atom. The quantitative estimate of drug-likeness (QED) is 0.760. The van der Waals surface area contributed by atoms with E-state index in [0.29, 0.717) is 24.4 Å². The van der Waals surface area contributed by atoms with Crippen LogP contribution in [0.25, 0.3) is 0 Å². The van der Waals surface area contributed by atoms with Crippen LogP contribution in [-0.2, 0) is 9.59 Å². The number of carbonyl (C=O) groups is 3. The van der Waals surface area contributed by atoms with Crippen molar-refractivity contribution in [2.75, 3.05) is 17.2 Å². The van der Waals surface area contributed by atoms with Gasteiger partial charge < -0.3 is 10.0 Å². The minimum Gasteiger partial charge on any atom is -0.478 e. The lowest BCUT2D eigenvalue weighted by molar-refractivity contribution is -0.117. The molecular weight excluding hydrogens is 405 g/mol. The second kappa shape index (κ2) is 6.78. The van der Waals surface area contributed by atoms with Crippen LogP contribution in [0.5, 0.6) is 0 Å². The number of nitrogens with zero attached hydrogens (tertiary/aromatic N) is 1. The lowest BCUT2D eigenvalue weighted by atomic mass is 10.1. The van der Waals surface area contributed by atoms with Gasteiger partial charge in [0.2, 0.25) is 5.91 Å². The fourth-order valence-corrected chi connectivity index (χ4v) is 3.44. The van der Waals surface area contributed by atoms with Crippen molar-refractivity contribution in [2.45, 2.75) is 13.3 Å². The maximum absolute atomic E-state index is 12.2. The van der Waals surface area contributed by atoms with Crippen molar-refractivity contribution in [1.82, 2.24) is 0 Å². The van der Waals surface area contributed by atoms with Crippen LogP contribution in [0.2, 0.25) is 0 Å². The molecule has 1 unspecified atom stereocenters. The third-order valence-electron chi connectivity index (χ3n) is 3.21. The first-order valence-corrected chi connectivity index (χ1v) is 8.41. The highest BCUT2D eigenvalue weighted by molar-refractivity contribution is 14.1. The molecule has 1 heterocycles. The molecule has 1 aromatic rings. The molecule has 112 valence electrons. The number of thioether (sulfide) groups is 1. The molecule has 1 aliphatic heterocycles. The van der Waals surface area contributed by atoms with Crippen LogP contribution >= 0.6 is 34.4 Å². The number of carbonyl (C=O) groups excluding carboxylic acids is 2. The van der Waals surface area contributed by atoms with E-state index in [1.54, 1.807) is 12.1 Å². The van der Waals surface area contributed by atoms with E-state index >= 15 is 0 Å². The van der Waals surface area contributed by atoms with Gasteiger partial charge in [0.05, 0.1) is 11.3 Å². The maximum atomic E-state index is 12.2. The summed E-state index contributed by atoms with van der Waals surface area (Å²) in [5.41, 5.74) is 0.568. The van der Waals surface area contributed by atoms with E-state index in [1.165, 1.54) is 29.7 Å². The molecule has 1 atom stereocenters. The van der Waals surface area contributed by atoms with Gasteiger partial charge in [-0.25, -0.2) is 4.79 Å². The van der Waals surface area contributed by atoms with Crippen molar-refractivity contribution in [2.24, 2.45) is 5.92 Å². The standard InChI is InChI=1S/C14H14INO4S/c1-8(17)21-7-9-4-13(18)16(6-9)12-5-10(15)2-3-11(12)14(19)20/h2-3,5,9H,4,6-7H2,1H3,(H,19,20). The Hall–Kier alpha value is -1.09. The number of hydrogen-bond donors (Lipinski definition) is 1. The monoisotopic (exact) mass is 419 g/mol. The molecule has 1 N–H and O–H groups in total. The molecule has 0 spiro atoms. The van der Waals surface area contributed by atoms with Gasteiger partial charge in [0, 0.05) is 29.2 Å². The van der Waals surface area contributed by atoms with Crippen molar-refractivity contribution < 1.29 is 19.5 Å². The van der Waals surface area contributed by atoms with Gasteiger partial charge >= 0.3 is 5.97 Å². The predicted octanol–water partition coefficient (Wildman–Crippen LogP) is 2.62. The number of carboxylic acids is 1. The normalized spacial score (nSPS) is 18.1. The predicted molar refractivity (Wildman–Crippen MR) is 89.7 cm³/mol. The van der Waals surface area contributed by atoms with Crippen molar-refractivity contribution >= 4 is 57.0 Å². The second-order valence-electron chi connectivity index (χ2n) is 4.84. The van der Waals surface area contributed by atoms with Gasteiger partial charge in [0.1, 0.15) is 0 Å². The molecule has 1 fully saturated rings. The lowest BCUT2D eigenvalue weighted by Crippen LogP contribution is -2.27. The van der Waals surface area contributed by atoms with Crippen molar-refractivity contribution in [1.29, 1.82) is 0 Å². The summed E-state index contributed by atoms with van der Waals surface area (Å²) in [6.07, 6.45) is 0.352. The molecule has 0 saturated carbocycles. The van der Waals surface area contributed by atoms with Crippen LogP contribution in [0.1, 0.15) is 23.7 Å². The Labute approximate surface area is 140 Å². The number of halogens is 1. The van der Waals surface area contributed by atoms with Gasteiger partial charge in [-0.15, -0.1) is 0 Å². The summed E-state index contributed by atoms with van der Waals surface area (Å²) in [7, 11) is 0. The van der Waals surface area contributed by atoms with Gasteiger partial charge in [-0.2, -0.15) is 0 Å². The van der Waals surface area contributed by atoms with Gasteiger partial charge in [-0.1, -0.05) is 11.8 Å². The van der Waals surface area contributed by atoms with E-state index < -0.39 is 5.97 Å². The van der Waals surface area contributed by atoms with Crippen LogP contribution in [0.15, 0.2) is 18.2 Å². The average Bonchev–Trinajstić information content (AvgIpc) is 2.77. The summed E-state index contributed by atoms with van der Waals surface area (Å²) < 4.78 is 0.877. The van der Waals surface area contributed by atoms with E-state index in [2.05, 4.69) is 22.6 Å². The highest BCUT2D eigenvalue weighted by atomic mass is 127. The number of amides is 1. The molecule has 0 aromatic heterocycles. The third kappa shape index (κ3) is 3.97. The Morgan fingerprint density at radius 1 is 1.48 bits per heavy atom. The molecule has 1 aromatic carbocycles. The van der Waals surface area contributed by atoms with Crippen LogP contribution < -0.4 is 4.90 Å². The Bertz CT molecular complexity index is 605. The van der Waals surface area contributed by atoms with E-state index in [0.717, 1.165) is 3.57 Å². The molecule has 1 aliphatic rings. The number of rotatable bonds is 4. The topological polar surface area (TPSA) is 74.7 Å². The smallest absolute Gasteiger partial charge is 0.337 e. The van der Waals surface area contributed by atoms with Crippen LogP contribution in [0.3, 0.4) is 0 Å². The van der Waals surface area contributed by atoms with Crippen molar-refractivity contribution in [3.63, 3.8) is 0 Å². The van der Waals surface area contributed by atoms with Crippen LogP contribution in [-0.4, -0.2) is 34.4 Å². The molecule has 0 bridgehead atoms. The molecular formula is C14H14INO4S. The molecule has 1 saturated heterocycles.